The molecular formula is C16H29N3S. The molecule has 1 N–H and O–H groups in total. The molecule has 0 aromatic carbocycles. The van der Waals surface area contributed by atoms with Crippen LogP contribution in [0.1, 0.15) is 64.1 Å². The van der Waals surface area contributed by atoms with Crippen LogP contribution in [0.3, 0.4) is 0 Å². The summed E-state index contributed by atoms with van der Waals surface area (Å²) in [6, 6.07) is 1.08. The van der Waals surface area contributed by atoms with Crippen LogP contribution < -0.4 is 5.32 Å². The SMILES string of the molecule is CC(C)NC1(c2nc(C(C)C)cs2)CCN(C)C(C)C1. The summed E-state index contributed by atoms with van der Waals surface area (Å²) in [6.45, 7) is 12.4. The molecule has 1 aromatic rings. The molecule has 1 aliphatic heterocycles. The van der Waals surface area contributed by atoms with Crippen LogP contribution >= 0.6 is 11.3 Å². The van der Waals surface area contributed by atoms with Gasteiger partial charge >= 0.3 is 0 Å². The molecule has 20 heavy (non-hydrogen) atoms. The van der Waals surface area contributed by atoms with Crippen molar-refractivity contribution in [2.75, 3.05) is 13.6 Å². The number of nitrogens with one attached hydrogen (secondary N) is 1. The Morgan fingerprint density at radius 2 is 2.10 bits per heavy atom. The maximum Gasteiger partial charge on any atom is 0.113 e. The van der Waals surface area contributed by atoms with E-state index in [0.717, 1.165) is 19.4 Å². The minimum absolute atomic E-state index is 0.0674. The van der Waals surface area contributed by atoms with E-state index in [1.165, 1.54) is 10.7 Å². The van der Waals surface area contributed by atoms with Gasteiger partial charge in [-0.25, -0.2) is 4.98 Å². The summed E-state index contributed by atoms with van der Waals surface area (Å²) in [5, 5.41) is 7.37. The van der Waals surface area contributed by atoms with Crippen molar-refractivity contribution in [1.29, 1.82) is 0 Å². The Hall–Kier alpha value is -0.450. The molecule has 114 valence electrons. The summed E-state index contributed by atoms with van der Waals surface area (Å²) in [6.07, 6.45) is 2.30. The molecule has 1 aliphatic rings. The lowest BCUT2D eigenvalue weighted by Gasteiger charge is -2.45. The first-order valence-electron chi connectivity index (χ1n) is 7.78. The molecular weight excluding hydrogens is 266 g/mol. The third kappa shape index (κ3) is 3.23. The summed E-state index contributed by atoms with van der Waals surface area (Å²) < 4.78 is 0. The van der Waals surface area contributed by atoms with Crippen LogP contribution in [0.15, 0.2) is 5.38 Å². The predicted molar refractivity (Wildman–Crippen MR) is 87.5 cm³/mol. The number of rotatable bonds is 4. The van der Waals surface area contributed by atoms with Gasteiger partial charge in [-0.1, -0.05) is 13.8 Å². The third-order valence-corrected chi connectivity index (χ3v) is 5.44. The minimum atomic E-state index is 0.0674. The number of thiazole rings is 1. The molecule has 2 rings (SSSR count). The van der Waals surface area contributed by atoms with Crippen LogP contribution in [0.5, 0.6) is 0 Å². The van der Waals surface area contributed by atoms with Crippen LogP contribution in [-0.2, 0) is 5.54 Å². The minimum Gasteiger partial charge on any atom is -0.304 e. The quantitative estimate of drug-likeness (QED) is 0.920. The fourth-order valence-corrected chi connectivity index (χ4v) is 4.25. The molecule has 2 heterocycles. The van der Waals surface area contributed by atoms with Crippen molar-refractivity contribution in [2.45, 2.75) is 71.0 Å². The Bertz CT molecular complexity index is 441. The maximum absolute atomic E-state index is 4.96. The van der Waals surface area contributed by atoms with E-state index in [2.05, 4.69) is 57.3 Å². The highest BCUT2D eigenvalue weighted by Crippen LogP contribution is 2.38. The Morgan fingerprint density at radius 3 is 2.60 bits per heavy atom. The van der Waals surface area contributed by atoms with Gasteiger partial charge in [-0.15, -0.1) is 11.3 Å². The molecule has 3 nitrogen and oxygen atoms in total. The smallest absolute Gasteiger partial charge is 0.113 e. The van der Waals surface area contributed by atoms with Gasteiger partial charge in [0.15, 0.2) is 0 Å². The zero-order chi connectivity index (χ0) is 14.9. The number of likely N-dealkylation sites (tertiary alicyclic amines) is 1. The average Bonchev–Trinajstić information content (AvgIpc) is 2.83. The van der Waals surface area contributed by atoms with Crippen molar-refractivity contribution in [2.24, 2.45) is 0 Å². The molecule has 0 radical (unpaired) electrons. The lowest BCUT2D eigenvalue weighted by Crippen LogP contribution is -2.55. The van der Waals surface area contributed by atoms with Gasteiger partial charge in [-0.05, 0) is 46.6 Å². The first-order valence-corrected chi connectivity index (χ1v) is 8.66. The van der Waals surface area contributed by atoms with Gasteiger partial charge in [0.2, 0.25) is 0 Å². The van der Waals surface area contributed by atoms with Gasteiger partial charge in [0.1, 0.15) is 5.01 Å². The summed E-state index contributed by atoms with van der Waals surface area (Å²) in [5.41, 5.74) is 1.30. The molecule has 1 fully saturated rings. The maximum atomic E-state index is 4.96. The van der Waals surface area contributed by atoms with Gasteiger partial charge in [0.05, 0.1) is 11.2 Å². The Morgan fingerprint density at radius 1 is 1.40 bits per heavy atom. The van der Waals surface area contributed by atoms with E-state index < -0.39 is 0 Å². The number of aromatic nitrogens is 1. The number of piperidine rings is 1. The lowest BCUT2D eigenvalue weighted by molar-refractivity contribution is 0.0991. The molecule has 2 atom stereocenters. The fraction of sp³-hybridized carbons (Fsp3) is 0.812. The van der Waals surface area contributed by atoms with Gasteiger partial charge in [-0.2, -0.15) is 0 Å². The van der Waals surface area contributed by atoms with E-state index in [-0.39, 0.29) is 5.54 Å². The molecule has 1 aromatic heterocycles. The first kappa shape index (κ1) is 15.9. The molecule has 0 saturated carbocycles. The summed E-state index contributed by atoms with van der Waals surface area (Å²) in [4.78, 5) is 7.41. The van der Waals surface area contributed by atoms with Crippen molar-refractivity contribution >= 4 is 11.3 Å². The number of hydrogen-bond acceptors (Lipinski definition) is 4. The molecule has 0 spiro atoms. The van der Waals surface area contributed by atoms with E-state index in [1.807, 2.05) is 11.3 Å². The normalized spacial score (nSPS) is 28.5. The summed E-state index contributed by atoms with van der Waals surface area (Å²) in [7, 11) is 2.23. The van der Waals surface area contributed by atoms with Crippen LogP contribution in [0.25, 0.3) is 0 Å². The number of hydrogen-bond donors (Lipinski definition) is 1. The lowest BCUT2D eigenvalue weighted by atomic mass is 9.83. The first-order chi connectivity index (χ1) is 9.34. The van der Waals surface area contributed by atoms with Crippen molar-refractivity contribution in [3.8, 4) is 0 Å². The predicted octanol–water partition coefficient (Wildman–Crippen LogP) is 3.57. The zero-order valence-corrected chi connectivity index (χ0v) is 14.5. The van der Waals surface area contributed by atoms with Crippen LogP contribution in [0.2, 0.25) is 0 Å². The van der Waals surface area contributed by atoms with Gasteiger partial charge in [0.25, 0.3) is 0 Å². The Kier molecular flexibility index (Phi) is 4.88. The van der Waals surface area contributed by atoms with Crippen molar-refractivity contribution in [3.05, 3.63) is 16.1 Å². The Labute approximate surface area is 127 Å². The van der Waals surface area contributed by atoms with E-state index in [0.29, 0.717) is 18.0 Å². The van der Waals surface area contributed by atoms with Gasteiger partial charge in [0, 0.05) is 24.0 Å². The van der Waals surface area contributed by atoms with E-state index in [1.54, 1.807) is 0 Å². The van der Waals surface area contributed by atoms with Crippen molar-refractivity contribution in [1.82, 2.24) is 15.2 Å². The second-order valence-electron chi connectivity index (χ2n) is 6.90. The second-order valence-corrected chi connectivity index (χ2v) is 7.76. The Balaban J connectivity index is 2.31. The van der Waals surface area contributed by atoms with E-state index in [4.69, 9.17) is 4.98 Å². The molecule has 4 heteroatoms. The molecule has 0 aliphatic carbocycles. The van der Waals surface area contributed by atoms with Gasteiger partial charge in [-0.3, -0.25) is 0 Å². The van der Waals surface area contributed by atoms with Gasteiger partial charge < -0.3 is 10.2 Å². The number of nitrogens with zero attached hydrogens (tertiary/aromatic N) is 2. The van der Waals surface area contributed by atoms with Crippen LogP contribution in [-0.4, -0.2) is 35.6 Å². The average molecular weight is 295 g/mol. The second kappa shape index (κ2) is 6.12. The summed E-state index contributed by atoms with van der Waals surface area (Å²) >= 11 is 1.84. The highest BCUT2D eigenvalue weighted by molar-refractivity contribution is 7.09. The van der Waals surface area contributed by atoms with Crippen molar-refractivity contribution in [3.63, 3.8) is 0 Å². The largest absolute Gasteiger partial charge is 0.304 e. The van der Waals surface area contributed by atoms with Crippen LogP contribution in [0, 0.1) is 0 Å². The molecule has 2 unspecified atom stereocenters. The van der Waals surface area contributed by atoms with Crippen molar-refractivity contribution < 1.29 is 0 Å². The summed E-state index contributed by atoms with van der Waals surface area (Å²) in [5.74, 6) is 0.514. The highest BCUT2D eigenvalue weighted by Gasteiger charge is 2.41. The fourth-order valence-electron chi connectivity index (χ4n) is 3.06. The molecule has 0 amide bonds. The third-order valence-electron chi connectivity index (χ3n) is 4.38. The standard InChI is InChI=1S/C16H29N3S/c1-11(2)14-10-20-15(17-14)16(18-12(3)4)7-8-19(6)13(5)9-16/h10-13,18H,7-9H2,1-6H3. The monoisotopic (exact) mass is 295 g/mol. The van der Waals surface area contributed by atoms with Crippen LogP contribution in [0.4, 0.5) is 0 Å². The van der Waals surface area contributed by atoms with E-state index in [9.17, 15) is 0 Å². The topological polar surface area (TPSA) is 28.2 Å². The highest BCUT2D eigenvalue weighted by atomic mass is 32.1. The zero-order valence-electron chi connectivity index (χ0n) is 13.7. The molecule has 0 bridgehead atoms. The molecule has 1 saturated heterocycles. The van der Waals surface area contributed by atoms with E-state index >= 15 is 0 Å².